The van der Waals surface area contributed by atoms with Crippen LogP contribution in [0, 0.1) is 23.5 Å². The van der Waals surface area contributed by atoms with Gasteiger partial charge in [0, 0.05) is 19.2 Å². The van der Waals surface area contributed by atoms with Crippen LogP contribution in [0.4, 0.5) is 8.78 Å². The second-order valence-electron chi connectivity index (χ2n) is 7.07. The summed E-state index contributed by atoms with van der Waals surface area (Å²) in [4.78, 5) is 18.3. The quantitative estimate of drug-likeness (QED) is 0.739. The highest BCUT2D eigenvalue weighted by Crippen LogP contribution is 2.37. The number of likely N-dealkylation sites (tertiary alicyclic amines) is 1. The first kappa shape index (κ1) is 22.7. The SMILES string of the molecule is CC.O=C(CN1CC2CCCC2C1)c1ccc(O)cn1.Oc1ccc(F)c(F)c1. The third kappa shape index (κ3) is 6.49. The van der Waals surface area contributed by atoms with E-state index in [9.17, 15) is 13.6 Å². The van der Waals surface area contributed by atoms with Gasteiger partial charge >= 0.3 is 0 Å². The van der Waals surface area contributed by atoms with Crippen molar-refractivity contribution < 1.29 is 23.8 Å². The highest BCUT2D eigenvalue weighted by atomic mass is 19.2. The fraction of sp³-hybridized carbons (Fsp3) is 0.455. The summed E-state index contributed by atoms with van der Waals surface area (Å²) in [5.41, 5.74) is 0.449. The first-order valence-electron chi connectivity index (χ1n) is 9.97. The third-order valence-corrected chi connectivity index (χ3v) is 5.11. The summed E-state index contributed by atoms with van der Waals surface area (Å²) < 4.78 is 24.1. The number of pyridine rings is 1. The molecule has 0 amide bonds. The average molecular weight is 406 g/mol. The first-order chi connectivity index (χ1) is 13.9. The van der Waals surface area contributed by atoms with Gasteiger partial charge in [0.25, 0.3) is 0 Å². The molecular formula is C22H28F2N2O3. The Morgan fingerprint density at radius 1 is 1.03 bits per heavy atom. The minimum Gasteiger partial charge on any atom is -0.508 e. The lowest BCUT2D eigenvalue weighted by atomic mass is 10.0. The van der Waals surface area contributed by atoms with Gasteiger partial charge in [-0.15, -0.1) is 0 Å². The fourth-order valence-electron chi connectivity index (χ4n) is 3.78. The Morgan fingerprint density at radius 3 is 2.17 bits per heavy atom. The molecule has 2 atom stereocenters. The molecule has 2 unspecified atom stereocenters. The summed E-state index contributed by atoms with van der Waals surface area (Å²) in [5.74, 6) is -0.481. The van der Waals surface area contributed by atoms with E-state index in [0.717, 1.165) is 43.1 Å². The number of aromatic hydroxyl groups is 2. The van der Waals surface area contributed by atoms with Gasteiger partial charge in [0.1, 0.15) is 17.2 Å². The Balaban J connectivity index is 0.000000231. The van der Waals surface area contributed by atoms with E-state index in [2.05, 4.69) is 9.88 Å². The molecule has 1 aliphatic heterocycles. The summed E-state index contributed by atoms with van der Waals surface area (Å²) in [5, 5.41) is 17.7. The smallest absolute Gasteiger partial charge is 0.195 e. The number of phenols is 1. The number of aromatic nitrogens is 1. The Bertz CT molecular complexity index is 787. The molecule has 5 nitrogen and oxygen atoms in total. The standard InChI is InChI=1S/C14H18N2O2.C6H4F2O.C2H6/c17-12-4-5-13(15-6-12)14(18)9-16-7-10-2-1-3-11(10)8-16;7-5-2-1-4(9)3-6(5)8;1-2/h4-6,10-11,17H,1-3,7-9H2;1-3,9H;1-2H3. The van der Waals surface area contributed by atoms with Crippen LogP contribution in [0.2, 0.25) is 0 Å². The number of rotatable bonds is 3. The zero-order valence-corrected chi connectivity index (χ0v) is 16.8. The summed E-state index contributed by atoms with van der Waals surface area (Å²) >= 11 is 0. The zero-order chi connectivity index (χ0) is 21.4. The van der Waals surface area contributed by atoms with Gasteiger partial charge in [-0.2, -0.15) is 0 Å². The van der Waals surface area contributed by atoms with Gasteiger partial charge in [-0.3, -0.25) is 9.69 Å². The fourth-order valence-corrected chi connectivity index (χ4v) is 3.78. The van der Waals surface area contributed by atoms with Crippen LogP contribution in [0.3, 0.4) is 0 Å². The Morgan fingerprint density at radius 2 is 1.66 bits per heavy atom. The number of carbonyl (C=O) groups excluding carboxylic acids is 1. The number of nitrogens with zero attached hydrogens (tertiary/aromatic N) is 2. The average Bonchev–Trinajstić information content (AvgIpc) is 3.29. The minimum absolute atomic E-state index is 0.0509. The molecule has 158 valence electrons. The summed E-state index contributed by atoms with van der Waals surface area (Å²) in [6.45, 7) is 6.59. The molecule has 0 bridgehead atoms. The number of carbonyl (C=O) groups is 1. The number of hydrogen-bond acceptors (Lipinski definition) is 5. The van der Waals surface area contributed by atoms with Crippen LogP contribution in [0.15, 0.2) is 36.5 Å². The largest absolute Gasteiger partial charge is 0.508 e. The molecule has 2 aliphatic rings. The molecule has 4 rings (SSSR count). The molecular weight excluding hydrogens is 378 g/mol. The molecule has 2 heterocycles. The van der Waals surface area contributed by atoms with Crippen molar-refractivity contribution in [2.75, 3.05) is 19.6 Å². The third-order valence-electron chi connectivity index (χ3n) is 5.11. The van der Waals surface area contributed by atoms with E-state index in [1.165, 1.54) is 31.5 Å². The molecule has 1 saturated carbocycles. The molecule has 2 aromatic rings. The van der Waals surface area contributed by atoms with Crippen LogP contribution < -0.4 is 0 Å². The Hall–Kier alpha value is -2.54. The van der Waals surface area contributed by atoms with Gasteiger partial charge in [0.05, 0.1) is 12.7 Å². The molecule has 29 heavy (non-hydrogen) atoms. The van der Waals surface area contributed by atoms with E-state index in [1.54, 1.807) is 6.07 Å². The van der Waals surface area contributed by atoms with E-state index in [0.29, 0.717) is 12.2 Å². The number of halogens is 2. The first-order valence-corrected chi connectivity index (χ1v) is 9.97. The van der Waals surface area contributed by atoms with Gasteiger partial charge in [-0.05, 0) is 48.9 Å². The lowest BCUT2D eigenvalue weighted by molar-refractivity contribution is 0.0936. The number of hydrogen-bond donors (Lipinski definition) is 2. The van der Waals surface area contributed by atoms with Crippen LogP contribution in [0.25, 0.3) is 0 Å². The highest BCUT2D eigenvalue weighted by molar-refractivity contribution is 5.95. The van der Waals surface area contributed by atoms with E-state index in [-0.39, 0.29) is 17.3 Å². The van der Waals surface area contributed by atoms with Gasteiger partial charge in [0.2, 0.25) is 0 Å². The maximum absolute atomic E-state index is 12.0. The zero-order valence-electron chi connectivity index (χ0n) is 16.8. The maximum atomic E-state index is 12.0. The summed E-state index contributed by atoms with van der Waals surface area (Å²) in [6, 6.07) is 5.77. The second kappa shape index (κ2) is 10.9. The molecule has 1 saturated heterocycles. The Labute approximate surface area is 170 Å². The van der Waals surface area contributed by atoms with Crippen molar-refractivity contribution in [2.45, 2.75) is 33.1 Å². The van der Waals surface area contributed by atoms with Crippen molar-refractivity contribution in [3.63, 3.8) is 0 Å². The van der Waals surface area contributed by atoms with Crippen LogP contribution in [0.1, 0.15) is 43.6 Å². The van der Waals surface area contributed by atoms with Gasteiger partial charge in [-0.25, -0.2) is 13.8 Å². The van der Waals surface area contributed by atoms with Crippen molar-refractivity contribution in [1.29, 1.82) is 0 Å². The highest BCUT2D eigenvalue weighted by Gasteiger charge is 2.36. The molecule has 0 spiro atoms. The number of phenolic OH excluding ortho intramolecular Hbond substituents is 1. The monoisotopic (exact) mass is 406 g/mol. The molecule has 1 aromatic carbocycles. The predicted octanol–water partition coefficient (Wildman–Crippen LogP) is 4.40. The number of fused-ring (bicyclic) bond motifs is 1. The lowest BCUT2D eigenvalue weighted by Crippen LogP contribution is -2.29. The van der Waals surface area contributed by atoms with Gasteiger partial charge in [0.15, 0.2) is 17.4 Å². The molecule has 2 fully saturated rings. The normalized spacial score (nSPS) is 20.1. The minimum atomic E-state index is -1.03. The molecule has 7 heteroatoms. The summed E-state index contributed by atoms with van der Waals surface area (Å²) in [7, 11) is 0. The van der Waals surface area contributed by atoms with Crippen molar-refractivity contribution in [2.24, 2.45) is 11.8 Å². The second-order valence-corrected chi connectivity index (χ2v) is 7.07. The van der Waals surface area contributed by atoms with Crippen molar-refractivity contribution >= 4 is 5.78 Å². The Kier molecular flexibility index (Phi) is 8.51. The van der Waals surface area contributed by atoms with Crippen molar-refractivity contribution in [3.05, 3.63) is 53.9 Å². The van der Waals surface area contributed by atoms with E-state index < -0.39 is 11.6 Å². The van der Waals surface area contributed by atoms with Crippen molar-refractivity contribution in [1.82, 2.24) is 9.88 Å². The number of ketones is 1. The number of Topliss-reactive ketones (excluding diaryl/α,β-unsaturated/α-hetero) is 1. The van der Waals surface area contributed by atoms with E-state index >= 15 is 0 Å². The molecule has 1 aliphatic carbocycles. The maximum Gasteiger partial charge on any atom is 0.195 e. The van der Waals surface area contributed by atoms with Gasteiger partial charge < -0.3 is 10.2 Å². The topological polar surface area (TPSA) is 73.7 Å². The van der Waals surface area contributed by atoms with Crippen LogP contribution in [0.5, 0.6) is 11.5 Å². The van der Waals surface area contributed by atoms with E-state index in [1.807, 2.05) is 13.8 Å². The number of benzene rings is 1. The summed E-state index contributed by atoms with van der Waals surface area (Å²) in [6.07, 6.45) is 5.34. The molecule has 1 aromatic heterocycles. The van der Waals surface area contributed by atoms with E-state index in [4.69, 9.17) is 10.2 Å². The van der Waals surface area contributed by atoms with Gasteiger partial charge in [-0.1, -0.05) is 20.3 Å². The predicted molar refractivity (Wildman–Crippen MR) is 107 cm³/mol. The molecule has 0 radical (unpaired) electrons. The van der Waals surface area contributed by atoms with Crippen molar-refractivity contribution in [3.8, 4) is 11.5 Å². The van der Waals surface area contributed by atoms with Crippen LogP contribution >= 0.6 is 0 Å². The van der Waals surface area contributed by atoms with Crippen LogP contribution in [-0.2, 0) is 0 Å². The molecule has 2 N–H and O–H groups in total. The van der Waals surface area contributed by atoms with Crippen LogP contribution in [-0.4, -0.2) is 45.5 Å². The lowest BCUT2D eigenvalue weighted by Gasteiger charge is -2.15.